The molecular weight excluding hydrogens is 376 g/mol. The van der Waals surface area contributed by atoms with Crippen LogP contribution in [0.25, 0.3) is 11.1 Å². The second-order valence-electron chi connectivity index (χ2n) is 9.59. The minimum atomic E-state index is -0.233. The standard InChI is InChI=1S/C24H28N4O2/c29-22-12-19(18-4-1-7-25-13-18)11-21-20-10-17(15-28(21)22)14-26(16-20)23(30)24-5-2-8-27(24)9-3-6-24/h1,4,7,11-13,17,20H,2-3,5-6,8-10,14-16H2/t17-,20+/m0/s1. The summed E-state index contributed by atoms with van der Waals surface area (Å²) in [5.74, 6) is 0.958. The van der Waals surface area contributed by atoms with Gasteiger partial charge in [0, 0.05) is 55.3 Å². The number of pyridine rings is 2. The number of fused-ring (bicyclic) bond motifs is 5. The zero-order chi connectivity index (χ0) is 20.3. The Bertz CT molecular complexity index is 1040. The van der Waals surface area contributed by atoms with Crippen LogP contribution in [0.1, 0.15) is 43.7 Å². The molecule has 6 rings (SSSR count). The van der Waals surface area contributed by atoms with Gasteiger partial charge in [0.15, 0.2) is 0 Å². The summed E-state index contributed by atoms with van der Waals surface area (Å²) < 4.78 is 1.95. The van der Waals surface area contributed by atoms with E-state index in [1.54, 1.807) is 12.3 Å². The predicted molar refractivity (Wildman–Crippen MR) is 114 cm³/mol. The van der Waals surface area contributed by atoms with Gasteiger partial charge in [-0.05, 0) is 68.8 Å². The molecule has 2 atom stereocenters. The molecule has 0 aromatic carbocycles. The first-order chi connectivity index (χ1) is 14.6. The lowest BCUT2D eigenvalue weighted by atomic mass is 9.81. The second-order valence-corrected chi connectivity index (χ2v) is 9.59. The predicted octanol–water partition coefficient (Wildman–Crippen LogP) is 2.48. The summed E-state index contributed by atoms with van der Waals surface area (Å²) in [4.78, 5) is 35.4. The Kier molecular flexibility index (Phi) is 4.13. The van der Waals surface area contributed by atoms with Crippen molar-refractivity contribution in [3.05, 3.63) is 52.7 Å². The average Bonchev–Trinajstić information content (AvgIpc) is 3.36. The van der Waals surface area contributed by atoms with Crippen LogP contribution in [0.15, 0.2) is 41.5 Å². The van der Waals surface area contributed by atoms with Crippen LogP contribution in [0.2, 0.25) is 0 Å². The monoisotopic (exact) mass is 404 g/mol. The molecule has 4 aliphatic rings. The van der Waals surface area contributed by atoms with E-state index in [4.69, 9.17) is 0 Å². The fraction of sp³-hybridized carbons (Fsp3) is 0.542. The first-order valence-electron chi connectivity index (χ1n) is 11.3. The number of amides is 1. The molecule has 3 saturated heterocycles. The van der Waals surface area contributed by atoms with Crippen LogP contribution in [-0.4, -0.2) is 57.0 Å². The third-order valence-electron chi connectivity index (χ3n) is 7.88. The maximum absolute atomic E-state index is 13.7. The molecule has 0 saturated carbocycles. The lowest BCUT2D eigenvalue weighted by Gasteiger charge is -2.46. The highest BCUT2D eigenvalue weighted by molar-refractivity contribution is 5.87. The van der Waals surface area contributed by atoms with Gasteiger partial charge in [-0.25, -0.2) is 0 Å². The summed E-state index contributed by atoms with van der Waals surface area (Å²) in [5, 5.41) is 0. The largest absolute Gasteiger partial charge is 0.340 e. The Balaban J connectivity index is 1.33. The first-order valence-corrected chi connectivity index (χ1v) is 11.3. The minimum Gasteiger partial charge on any atom is -0.340 e. The van der Waals surface area contributed by atoms with E-state index in [1.807, 2.05) is 22.9 Å². The van der Waals surface area contributed by atoms with E-state index in [-0.39, 0.29) is 17.0 Å². The van der Waals surface area contributed by atoms with Crippen LogP contribution in [0.3, 0.4) is 0 Å². The van der Waals surface area contributed by atoms with Gasteiger partial charge in [-0.2, -0.15) is 0 Å². The van der Waals surface area contributed by atoms with E-state index < -0.39 is 0 Å². The highest BCUT2D eigenvalue weighted by Crippen LogP contribution is 2.43. The Labute approximate surface area is 176 Å². The van der Waals surface area contributed by atoms with Crippen molar-refractivity contribution in [2.24, 2.45) is 5.92 Å². The molecule has 6 heterocycles. The molecule has 3 fully saturated rings. The molecule has 0 radical (unpaired) electrons. The van der Waals surface area contributed by atoms with Crippen molar-refractivity contribution in [1.29, 1.82) is 0 Å². The van der Waals surface area contributed by atoms with Crippen LogP contribution in [0, 0.1) is 5.92 Å². The van der Waals surface area contributed by atoms with Crippen LogP contribution in [0.5, 0.6) is 0 Å². The first kappa shape index (κ1) is 18.3. The average molecular weight is 405 g/mol. The van der Waals surface area contributed by atoms with E-state index in [9.17, 15) is 9.59 Å². The van der Waals surface area contributed by atoms with Gasteiger partial charge >= 0.3 is 0 Å². The Morgan fingerprint density at radius 2 is 1.90 bits per heavy atom. The highest BCUT2D eigenvalue weighted by atomic mass is 16.2. The topological polar surface area (TPSA) is 58.4 Å². The van der Waals surface area contributed by atoms with Crippen molar-refractivity contribution in [2.75, 3.05) is 26.2 Å². The summed E-state index contributed by atoms with van der Waals surface area (Å²) >= 11 is 0. The van der Waals surface area contributed by atoms with E-state index in [0.717, 1.165) is 81.6 Å². The molecule has 1 amide bonds. The molecule has 6 nitrogen and oxygen atoms in total. The number of hydrogen-bond donors (Lipinski definition) is 0. The molecule has 30 heavy (non-hydrogen) atoms. The van der Waals surface area contributed by atoms with Crippen LogP contribution < -0.4 is 5.56 Å². The normalized spacial score (nSPS) is 27.0. The fourth-order valence-corrected chi connectivity index (χ4v) is 6.57. The highest BCUT2D eigenvalue weighted by Gasteiger charge is 2.52. The summed E-state index contributed by atoms with van der Waals surface area (Å²) in [6.45, 7) is 4.39. The molecule has 0 N–H and O–H groups in total. The fourth-order valence-electron chi connectivity index (χ4n) is 6.57. The van der Waals surface area contributed by atoms with Gasteiger partial charge in [0.25, 0.3) is 5.56 Å². The van der Waals surface area contributed by atoms with Gasteiger partial charge in [0.05, 0.1) is 0 Å². The number of nitrogens with zero attached hydrogens (tertiary/aromatic N) is 4. The van der Waals surface area contributed by atoms with E-state index in [0.29, 0.717) is 11.8 Å². The second kappa shape index (κ2) is 6.77. The quantitative estimate of drug-likeness (QED) is 0.772. The van der Waals surface area contributed by atoms with E-state index in [1.165, 1.54) is 0 Å². The maximum Gasteiger partial charge on any atom is 0.251 e. The number of carbonyl (C=O) groups is 1. The van der Waals surface area contributed by atoms with E-state index in [2.05, 4.69) is 20.9 Å². The molecule has 4 aliphatic heterocycles. The zero-order valence-electron chi connectivity index (χ0n) is 17.3. The molecule has 2 bridgehead atoms. The maximum atomic E-state index is 13.7. The summed E-state index contributed by atoms with van der Waals surface area (Å²) in [6.07, 6.45) is 8.92. The van der Waals surface area contributed by atoms with Gasteiger partial charge in [0.2, 0.25) is 5.91 Å². The number of likely N-dealkylation sites (tertiary alicyclic amines) is 1. The van der Waals surface area contributed by atoms with Crippen LogP contribution >= 0.6 is 0 Å². The molecule has 6 heteroatoms. The van der Waals surface area contributed by atoms with Crippen molar-refractivity contribution >= 4 is 5.91 Å². The van der Waals surface area contributed by atoms with Crippen LogP contribution in [0.4, 0.5) is 0 Å². The molecule has 2 aromatic rings. The third kappa shape index (κ3) is 2.69. The number of piperidine rings is 1. The Morgan fingerprint density at radius 1 is 1.07 bits per heavy atom. The Morgan fingerprint density at radius 3 is 2.67 bits per heavy atom. The minimum absolute atomic E-state index is 0.0668. The third-order valence-corrected chi connectivity index (χ3v) is 7.88. The smallest absolute Gasteiger partial charge is 0.251 e. The number of rotatable bonds is 2. The molecule has 0 unspecified atom stereocenters. The lowest BCUT2D eigenvalue weighted by molar-refractivity contribution is -0.144. The molecule has 0 spiro atoms. The Hall–Kier alpha value is -2.47. The molecule has 156 valence electrons. The van der Waals surface area contributed by atoms with Crippen molar-refractivity contribution in [2.45, 2.75) is 50.1 Å². The lowest BCUT2D eigenvalue weighted by Crippen LogP contribution is -2.58. The van der Waals surface area contributed by atoms with E-state index >= 15 is 0 Å². The SMILES string of the molecule is O=C(N1C[C@@H]2C[C@H](C1)c1cc(-c3cccnc3)cc(=O)n1C2)C12CCCN1CCC2. The number of aromatic nitrogens is 2. The number of carbonyl (C=O) groups excluding carboxylic acids is 1. The van der Waals surface area contributed by atoms with Crippen molar-refractivity contribution in [3.8, 4) is 11.1 Å². The van der Waals surface area contributed by atoms with Gasteiger partial charge in [0.1, 0.15) is 5.54 Å². The summed E-state index contributed by atoms with van der Waals surface area (Å²) in [5.41, 5.74) is 2.82. The van der Waals surface area contributed by atoms with Gasteiger partial charge < -0.3 is 9.47 Å². The zero-order valence-corrected chi connectivity index (χ0v) is 17.3. The van der Waals surface area contributed by atoms with Crippen molar-refractivity contribution < 1.29 is 4.79 Å². The van der Waals surface area contributed by atoms with Gasteiger partial charge in [-0.1, -0.05) is 6.07 Å². The molecule has 0 aliphatic carbocycles. The summed E-state index contributed by atoms with van der Waals surface area (Å²) in [7, 11) is 0. The summed E-state index contributed by atoms with van der Waals surface area (Å²) in [6, 6.07) is 7.79. The molecular formula is C24H28N4O2. The van der Waals surface area contributed by atoms with Crippen molar-refractivity contribution in [1.82, 2.24) is 19.4 Å². The molecule has 2 aromatic heterocycles. The van der Waals surface area contributed by atoms with Gasteiger partial charge in [-0.3, -0.25) is 19.5 Å². The van der Waals surface area contributed by atoms with Crippen molar-refractivity contribution in [3.63, 3.8) is 0 Å². The van der Waals surface area contributed by atoms with Gasteiger partial charge in [-0.15, -0.1) is 0 Å². The number of hydrogen-bond acceptors (Lipinski definition) is 4. The van der Waals surface area contributed by atoms with Crippen LogP contribution in [-0.2, 0) is 11.3 Å².